The maximum atomic E-state index is 13.8. The van der Waals surface area contributed by atoms with Crippen LogP contribution in [-0.4, -0.2) is 90.6 Å². The largest absolute Gasteiger partial charge is 0.356 e. The van der Waals surface area contributed by atoms with Crippen LogP contribution in [0.25, 0.3) is 44.2 Å². The van der Waals surface area contributed by atoms with Gasteiger partial charge in [0, 0.05) is 78.7 Å². The molecule has 0 spiro atoms. The minimum absolute atomic E-state index is 0.0317. The highest BCUT2D eigenvalue weighted by Gasteiger charge is 2.31. The zero-order chi connectivity index (χ0) is 34.5. The molecule has 50 heavy (non-hydrogen) atoms. The molecule has 6 heterocycles. The second-order valence-corrected chi connectivity index (χ2v) is 14.5. The summed E-state index contributed by atoms with van der Waals surface area (Å²) in [6, 6.07) is 8.55. The van der Waals surface area contributed by atoms with E-state index in [4.69, 9.17) is 31.6 Å². The number of halogens is 2. The fraction of sp³-hybridized carbons (Fsp3) is 0.474. The molecule has 12 heteroatoms. The molecule has 3 saturated heterocycles. The van der Waals surface area contributed by atoms with Crippen LogP contribution in [0.1, 0.15) is 62.1 Å². The number of hydrogen-bond donors (Lipinski definition) is 0. The molecule has 3 aliphatic rings. The molecule has 3 aliphatic heterocycles. The fourth-order valence-corrected chi connectivity index (χ4v) is 8.34. The lowest BCUT2D eigenvalue weighted by atomic mass is 9.94. The van der Waals surface area contributed by atoms with Crippen molar-refractivity contribution in [1.29, 1.82) is 0 Å². The average Bonchev–Trinajstić information content (AvgIpc) is 3.93. The highest BCUT2D eigenvalue weighted by molar-refractivity contribution is 6.36. The van der Waals surface area contributed by atoms with Crippen LogP contribution in [0.15, 0.2) is 49.3 Å². The number of amides is 1. The Balaban J connectivity index is 1.22. The normalized spacial score (nSPS) is 20.8. The van der Waals surface area contributed by atoms with Crippen molar-refractivity contribution < 1.29 is 13.9 Å². The van der Waals surface area contributed by atoms with E-state index in [1.54, 1.807) is 0 Å². The number of nitrogens with zero attached hydrogens (tertiary/aromatic N) is 8. The van der Waals surface area contributed by atoms with E-state index in [-0.39, 0.29) is 18.2 Å². The molecule has 1 amide bonds. The van der Waals surface area contributed by atoms with Crippen LogP contribution in [-0.2, 0) is 16.1 Å². The average molecular weight is 699 g/mol. The van der Waals surface area contributed by atoms with Gasteiger partial charge in [0.1, 0.15) is 11.9 Å². The van der Waals surface area contributed by atoms with Gasteiger partial charge in [0.05, 0.1) is 34.8 Å². The fourth-order valence-electron chi connectivity index (χ4n) is 8.09. The summed E-state index contributed by atoms with van der Waals surface area (Å²) >= 11 is 7.29. The predicted octanol–water partition coefficient (Wildman–Crippen LogP) is 7.28. The van der Waals surface area contributed by atoms with E-state index in [1.165, 1.54) is 6.08 Å². The summed E-state index contributed by atoms with van der Waals surface area (Å²) in [6.45, 7) is 12.7. The lowest BCUT2D eigenvalue weighted by Crippen LogP contribution is -2.38. The number of aromatic nitrogens is 6. The van der Waals surface area contributed by atoms with Gasteiger partial charge in [0.15, 0.2) is 6.23 Å². The molecule has 0 saturated carbocycles. The second kappa shape index (κ2) is 13.6. The molecule has 0 N–H and O–H groups in total. The molecule has 5 aromatic rings. The van der Waals surface area contributed by atoms with E-state index >= 15 is 0 Å². The summed E-state index contributed by atoms with van der Waals surface area (Å²) < 4.78 is 26.0. The molecular formula is C38H44ClFN8O2. The number of alkyl halides is 1. The zero-order valence-corrected chi connectivity index (χ0v) is 29.6. The monoisotopic (exact) mass is 698 g/mol. The van der Waals surface area contributed by atoms with Gasteiger partial charge in [-0.05, 0) is 82.2 Å². The van der Waals surface area contributed by atoms with Crippen molar-refractivity contribution in [3.63, 3.8) is 0 Å². The van der Waals surface area contributed by atoms with Gasteiger partial charge in [-0.25, -0.2) is 9.07 Å². The summed E-state index contributed by atoms with van der Waals surface area (Å²) in [5.41, 5.74) is 7.63. The van der Waals surface area contributed by atoms with Crippen molar-refractivity contribution in [2.45, 2.75) is 77.4 Å². The minimum Gasteiger partial charge on any atom is -0.356 e. The molecule has 1 unspecified atom stereocenters. The Kier molecular flexibility index (Phi) is 8.99. The third-order valence-corrected chi connectivity index (χ3v) is 11.3. The van der Waals surface area contributed by atoms with Crippen LogP contribution in [0.2, 0.25) is 5.02 Å². The standard InChI is InChI=1S/C38H44ClFN8O2/c1-4-33(49)45-14-11-29(12-15-45)47-25(3)35(36-30-21-41-48(34-7-5-6-18-50-34)32(30)19-24(2)37(36)39)38(43-47)26-8-9-31-27(20-26)22-46(42-31)17-16-44-13-10-28(40)23-44/h4,8-9,19-22,28-29,34H,1,5-7,10-18,23H2,2-3H3/t28-,34?/m0/s1. The highest BCUT2D eigenvalue weighted by atomic mass is 35.5. The molecular weight excluding hydrogens is 655 g/mol. The Labute approximate surface area is 296 Å². The van der Waals surface area contributed by atoms with Crippen molar-refractivity contribution >= 4 is 39.3 Å². The molecule has 0 radical (unpaired) electrons. The molecule has 2 aromatic carbocycles. The SMILES string of the molecule is C=CC(=O)N1CCC(n2nc(-c3ccc4nn(CCN5CC[C@H](F)C5)cc4c3)c(-c3c(Cl)c(C)cc4c3cnn4C3CCCCO3)c2C)CC1. The molecule has 3 fully saturated rings. The van der Waals surface area contributed by atoms with Crippen LogP contribution in [0.3, 0.4) is 0 Å². The van der Waals surface area contributed by atoms with Crippen molar-refractivity contribution in [1.82, 2.24) is 39.1 Å². The number of likely N-dealkylation sites (tertiary alicyclic amines) is 2. The van der Waals surface area contributed by atoms with E-state index in [1.807, 2.05) is 27.4 Å². The third-order valence-electron chi connectivity index (χ3n) is 10.8. The summed E-state index contributed by atoms with van der Waals surface area (Å²) in [7, 11) is 0. The maximum Gasteiger partial charge on any atom is 0.245 e. The van der Waals surface area contributed by atoms with Crippen molar-refractivity contribution in [2.24, 2.45) is 0 Å². The smallest absolute Gasteiger partial charge is 0.245 e. The number of fused-ring (bicyclic) bond motifs is 2. The van der Waals surface area contributed by atoms with Crippen LogP contribution in [0, 0.1) is 13.8 Å². The van der Waals surface area contributed by atoms with Crippen molar-refractivity contribution in [3.05, 3.63) is 65.6 Å². The molecule has 262 valence electrons. The first kappa shape index (κ1) is 33.1. The van der Waals surface area contributed by atoms with Gasteiger partial charge in [-0.3, -0.25) is 19.1 Å². The Morgan fingerprint density at radius 1 is 1.04 bits per heavy atom. The summed E-state index contributed by atoms with van der Waals surface area (Å²) in [6.07, 6.45) is 9.84. The van der Waals surface area contributed by atoms with Gasteiger partial charge in [0.2, 0.25) is 5.91 Å². The number of piperidine rings is 1. The molecule has 2 atom stereocenters. The molecule has 10 nitrogen and oxygen atoms in total. The van der Waals surface area contributed by atoms with Crippen LogP contribution in [0.4, 0.5) is 4.39 Å². The first-order valence-electron chi connectivity index (χ1n) is 17.9. The lowest BCUT2D eigenvalue weighted by Gasteiger charge is -2.32. The van der Waals surface area contributed by atoms with Crippen molar-refractivity contribution in [3.8, 4) is 22.4 Å². The lowest BCUT2D eigenvalue weighted by molar-refractivity contribution is -0.127. The highest BCUT2D eigenvalue weighted by Crippen LogP contribution is 2.45. The summed E-state index contributed by atoms with van der Waals surface area (Å²) in [5, 5.41) is 17.7. The van der Waals surface area contributed by atoms with Gasteiger partial charge in [-0.15, -0.1) is 0 Å². The van der Waals surface area contributed by atoms with E-state index in [0.29, 0.717) is 37.6 Å². The van der Waals surface area contributed by atoms with E-state index < -0.39 is 6.17 Å². The van der Waals surface area contributed by atoms with Gasteiger partial charge < -0.3 is 9.64 Å². The first-order valence-corrected chi connectivity index (χ1v) is 18.3. The number of carbonyl (C=O) groups is 1. The van der Waals surface area contributed by atoms with Crippen LogP contribution < -0.4 is 0 Å². The summed E-state index contributed by atoms with van der Waals surface area (Å²) in [4.78, 5) is 16.4. The molecule has 8 rings (SSSR count). The van der Waals surface area contributed by atoms with Gasteiger partial charge >= 0.3 is 0 Å². The van der Waals surface area contributed by atoms with Crippen molar-refractivity contribution in [2.75, 3.05) is 39.3 Å². The summed E-state index contributed by atoms with van der Waals surface area (Å²) in [5.74, 6) is -0.0317. The third kappa shape index (κ3) is 6.03. The minimum atomic E-state index is -0.730. The van der Waals surface area contributed by atoms with E-state index in [2.05, 4.69) is 53.5 Å². The van der Waals surface area contributed by atoms with E-state index in [9.17, 15) is 9.18 Å². The number of hydrogen-bond acceptors (Lipinski definition) is 6. The van der Waals surface area contributed by atoms with Gasteiger partial charge in [-0.1, -0.05) is 24.2 Å². The van der Waals surface area contributed by atoms with Crippen LogP contribution in [0.5, 0.6) is 0 Å². The molecule has 3 aromatic heterocycles. The Hall–Kier alpha value is -4.06. The first-order chi connectivity index (χ1) is 24.3. The van der Waals surface area contributed by atoms with Gasteiger partial charge in [0.25, 0.3) is 0 Å². The Morgan fingerprint density at radius 3 is 2.62 bits per heavy atom. The van der Waals surface area contributed by atoms with Crippen LogP contribution >= 0.6 is 11.6 Å². The number of carbonyl (C=O) groups excluding carboxylic acids is 1. The number of aryl methyl sites for hydroxylation is 1. The Bertz CT molecular complexity index is 2070. The topological polar surface area (TPSA) is 86.2 Å². The molecule has 0 aliphatic carbocycles. The van der Waals surface area contributed by atoms with Gasteiger partial charge in [-0.2, -0.15) is 15.3 Å². The number of benzene rings is 2. The predicted molar refractivity (Wildman–Crippen MR) is 194 cm³/mol. The van der Waals surface area contributed by atoms with E-state index in [0.717, 1.165) is 107 Å². The number of ether oxygens (including phenoxy) is 1. The zero-order valence-electron chi connectivity index (χ0n) is 28.8. The second-order valence-electron chi connectivity index (χ2n) is 14.1. The quantitative estimate of drug-likeness (QED) is 0.158. The number of rotatable bonds is 8. The maximum absolute atomic E-state index is 13.8. The molecule has 0 bridgehead atoms. The Morgan fingerprint density at radius 2 is 1.88 bits per heavy atom.